The van der Waals surface area contributed by atoms with Gasteiger partial charge in [-0.05, 0) is 29.8 Å². The molecule has 0 saturated carbocycles. The fraction of sp³-hybridized carbons (Fsp3) is 0.143. The Morgan fingerprint density at radius 1 is 1.32 bits per heavy atom. The second-order valence-electron chi connectivity index (χ2n) is 3.84. The van der Waals surface area contributed by atoms with Crippen molar-refractivity contribution in [3.8, 4) is 5.88 Å². The number of carbonyl (C=O) groups is 1. The summed E-state index contributed by atoms with van der Waals surface area (Å²) in [4.78, 5) is 16.1. The van der Waals surface area contributed by atoms with Gasteiger partial charge < -0.3 is 10.1 Å². The molecule has 1 heterocycles. The quantitative estimate of drug-likeness (QED) is 0.873. The third-order valence-electron chi connectivity index (χ3n) is 2.58. The van der Waals surface area contributed by atoms with Crippen LogP contribution in [0.4, 0.5) is 5.69 Å². The van der Waals surface area contributed by atoms with E-state index in [2.05, 4.69) is 10.3 Å². The molecule has 1 aromatic carbocycles. The molecule has 98 valence electrons. The number of alkyl halides is 1. The van der Waals surface area contributed by atoms with Crippen LogP contribution in [-0.2, 0) is 5.88 Å². The fourth-order valence-electron chi connectivity index (χ4n) is 1.60. The van der Waals surface area contributed by atoms with Crippen LogP contribution >= 0.6 is 11.6 Å². The first-order valence-corrected chi connectivity index (χ1v) is 6.23. The Kier molecular flexibility index (Phi) is 4.36. The minimum Gasteiger partial charge on any atom is -0.480 e. The van der Waals surface area contributed by atoms with Crippen molar-refractivity contribution in [1.82, 2.24) is 4.98 Å². The van der Waals surface area contributed by atoms with Crippen LogP contribution in [0, 0.1) is 0 Å². The first-order chi connectivity index (χ1) is 9.24. The number of hydrogen-bond acceptors (Lipinski definition) is 3. The smallest absolute Gasteiger partial charge is 0.261 e. The maximum Gasteiger partial charge on any atom is 0.261 e. The van der Waals surface area contributed by atoms with Gasteiger partial charge in [-0.1, -0.05) is 12.1 Å². The van der Waals surface area contributed by atoms with E-state index in [4.69, 9.17) is 16.3 Å². The van der Waals surface area contributed by atoms with Crippen molar-refractivity contribution >= 4 is 23.2 Å². The van der Waals surface area contributed by atoms with E-state index < -0.39 is 0 Å². The van der Waals surface area contributed by atoms with Gasteiger partial charge in [-0.25, -0.2) is 4.98 Å². The summed E-state index contributed by atoms with van der Waals surface area (Å²) >= 11 is 5.71. The van der Waals surface area contributed by atoms with E-state index in [0.29, 0.717) is 23.0 Å². The Morgan fingerprint density at radius 2 is 2.05 bits per heavy atom. The zero-order valence-electron chi connectivity index (χ0n) is 10.4. The largest absolute Gasteiger partial charge is 0.480 e. The van der Waals surface area contributed by atoms with Crippen LogP contribution < -0.4 is 10.1 Å². The molecule has 4 nitrogen and oxygen atoms in total. The molecule has 0 aliphatic heterocycles. The molecule has 1 amide bonds. The molecule has 0 saturated heterocycles. The Morgan fingerprint density at radius 3 is 2.68 bits per heavy atom. The first kappa shape index (κ1) is 13.4. The predicted molar refractivity (Wildman–Crippen MR) is 74.7 cm³/mol. The van der Waals surface area contributed by atoms with Crippen molar-refractivity contribution < 1.29 is 9.53 Å². The van der Waals surface area contributed by atoms with Gasteiger partial charge >= 0.3 is 0 Å². The van der Waals surface area contributed by atoms with Crippen molar-refractivity contribution in [2.75, 3.05) is 12.4 Å². The summed E-state index contributed by atoms with van der Waals surface area (Å²) in [7, 11) is 1.48. The number of anilines is 1. The highest BCUT2D eigenvalue weighted by Gasteiger charge is 2.12. The molecular weight excluding hydrogens is 264 g/mol. The average molecular weight is 277 g/mol. The molecule has 5 heteroatoms. The molecule has 0 fully saturated rings. The lowest BCUT2D eigenvalue weighted by atomic mass is 10.2. The Bertz CT molecular complexity index is 570. The summed E-state index contributed by atoms with van der Waals surface area (Å²) in [6.45, 7) is 0. The minimum absolute atomic E-state index is 0.261. The molecule has 0 aliphatic rings. The maximum atomic E-state index is 12.1. The highest BCUT2D eigenvalue weighted by Crippen LogP contribution is 2.17. The van der Waals surface area contributed by atoms with Crippen molar-refractivity contribution in [2.45, 2.75) is 5.88 Å². The van der Waals surface area contributed by atoms with Crippen LogP contribution in [0.5, 0.6) is 5.88 Å². The molecular formula is C14H13ClN2O2. The Balaban J connectivity index is 2.16. The van der Waals surface area contributed by atoms with Gasteiger partial charge in [0.1, 0.15) is 5.56 Å². The topological polar surface area (TPSA) is 51.2 Å². The number of methoxy groups -OCH3 is 1. The molecule has 2 aromatic rings. The monoisotopic (exact) mass is 276 g/mol. The number of amides is 1. The number of aromatic nitrogens is 1. The molecule has 1 aromatic heterocycles. The lowest BCUT2D eigenvalue weighted by Crippen LogP contribution is -2.13. The SMILES string of the molecule is COc1ncccc1C(=O)Nc1ccc(CCl)cc1. The summed E-state index contributed by atoms with van der Waals surface area (Å²) in [6.07, 6.45) is 1.57. The molecule has 0 unspecified atom stereocenters. The summed E-state index contributed by atoms with van der Waals surface area (Å²) in [6, 6.07) is 10.7. The normalized spacial score (nSPS) is 10.0. The predicted octanol–water partition coefficient (Wildman–Crippen LogP) is 3.08. The van der Waals surface area contributed by atoms with E-state index in [0.717, 1.165) is 5.56 Å². The maximum absolute atomic E-state index is 12.1. The molecule has 0 radical (unpaired) electrons. The standard InChI is InChI=1S/C14H13ClN2O2/c1-19-14-12(3-2-8-16-14)13(18)17-11-6-4-10(9-15)5-7-11/h2-8H,9H2,1H3,(H,17,18). The Hall–Kier alpha value is -2.07. The van der Waals surface area contributed by atoms with Crippen LogP contribution in [0.2, 0.25) is 0 Å². The number of hydrogen-bond donors (Lipinski definition) is 1. The van der Waals surface area contributed by atoms with Crippen LogP contribution in [0.25, 0.3) is 0 Å². The van der Waals surface area contributed by atoms with E-state index in [1.54, 1.807) is 30.5 Å². The van der Waals surface area contributed by atoms with Crippen LogP contribution in [0.1, 0.15) is 15.9 Å². The Labute approximate surface area is 116 Å². The van der Waals surface area contributed by atoms with Gasteiger partial charge in [0.05, 0.1) is 7.11 Å². The van der Waals surface area contributed by atoms with E-state index in [-0.39, 0.29) is 5.91 Å². The van der Waals surface area contributed by atoms with Crippen LogP contribution in [0.3, 0.4) is 0 Å². The van der Waals surface area contributed by atoms with Crippen LogP contribution in [0.15, 0.2) is 42.6 Å². The van der Waals surface area contributed by atoms with E-state index in [1.165, 1.54) is 7.11 Å². The number of halogens is 1. The molecule has 1 N–H and O–H groups in total. The second kappa shape index (κ2) is 6.20. The molecule has 19 heavy (non-hydrogen) atoms. The highest BCUT2D eigenvalue weighted by molar-refractivity contribution is 6.17. The number of benzene rings is 1. The third-order valence-corrected chi connectivity index (χ3v) is 2.88. The first-order valence-electron chi connectivity index (χ1n) is 5.70. The zero-order valence-corrected chi connectivity index (χ0v) is 11.1. The molecule has 0 spiro atoms. The molecule has 0 bridgehead atoms. The van der Waals surface area contributed by atoms with Gasteiger partial charge in [-0.3, -0.25) is 4.79 Å². The van der Waals surface area contributed by atoms with Gasteiger partial charge in [0.2, 0.25) is 5.88 Å². The summed E-state index contributed by atoms with van der Waals surface area (Å²) in [5.41, 5.74) is 2.09. The second-order valence-corrected chi connectivity index (χ2v) is 4.11. The van der Waals surface area contributed by atoms with Crippen LogP contribution in [-0.4, -0.2) is 18.0 Å². The van der Waals surface area contributed by atoms with Gasteiger partial charge in [0.25, 0.3) is 5.91 Å². The van der Waals surface area contributed by atoms with Gasteiger partial charge in [0.15, 0.2) is 0 Å². The number of nitrogens with zero attached hydrogens (tertiary/aromatic N) is 1. The number of ether oxygens (including phenoxy) is 1. The lowest BCUT2D eigenvalue weighted by molar-refractivity contribution is 0.102. The van der Waals surface area contributed by atoms with Crippen molar-refractivity contribution in [3.63, 3.8) is 0 Å². The summed E-state index contributed by atoms with van der Waals surface area (Å²) in [5.74, 6) is 0.492. The summed E-state index contributed by atoms with van der Waals surface area (Å²) in [5, 5.41) is 2.78. The minimum atomic E-state index is -0.261. The third kappa shape index (κ3) is 3.23. The van der Waals surface area contributed by atoms with Crippen molar-refractivity contribution in [3.05, 3.63) is 53.7 Å². The molecule has 0 atom stereocenters. The summed E-state index contributed by atoms with van der Waals surface area (Å²) < 4.78 is 5.05. The fourth-order valence-corrected chi connectivity index (χ4v) is 1.78. The van der Waals surface area contributed by atoms with E-state index in [1.807, 2.05) is 12.1 Å². The van der Waals surface area contributed by atoms with E-state index in [9.17, 15) is 4.79 Å². The number of carbonyl (C=O) groups excluding carboxylic acids is 1. The number of pyridine rings is 1. The highest BCUT2D eigenvalue weighted by atomic mass is 35.5. The average Bonchev–Trinajstić information content (AvgIpc) is 2.48. The zero-order chi connectivity index (χ0) is 13.7. The van der Waals surface area contributed by atoms with E-state index >= 15 is 0 Å². The van der Waals surface area contributed by atoms with Gasteiger partial charge in [-0.2, -0.15) is 0 Å². The lowest BCUT2D eigenvalue weighted by Gasteiger charge is -2.08. The number of rotatable bonds is 4. The van der Waals surface area contributed by atoms with Crippen molar-refractivity contribution in [2.24, 2.45) is 0 Å². The molecule has 0 aliphatic carbocycles. The number of nitrogens with one attached hydrogen (secondary N) is 1. The van der Waals surface area contributed by atoms with Crippen molar-refractivity contribution in [1.29, 1.82) is 0 Å². The van der Waals surface area contributed by atoms with Gasteiger partial charge in [-0.15, -0.1) is 11.6 Å². The molecule has 2 rings (SSSR count). The van der Waals surface area contributed by atoms with Gasteiger partial charge in [0, 0.05) is 17.8 Å².